The van der Waals surface area contributed by atoms with Gasteiger partial charge in [-0.1, -0.05) is 55.3 Å². The maximum absolute atomic E-state index is 13.4. The molecule has 1 atom stereocenters. The number of para-hydroxylation sites is 2. The van der Waals surface area contributed by atoms with Crippen LogP contribution in [0.5, 0.6) is 5.75 Å². The lowest BCUT2D eigenvalue weighted by atomic mass is 10.1. The van der Waals surface area contributed by atoms with Crippen molar-refractivity contribution in [2.45, 2.75) is 66.0 Å². The van der Waals surface area contributed by atoms with Crippen molar-refractivity contribution < 1.29 is 22.7 Å². The Balaban J connectivity index is 2.18. The van der Waals surface area contributed by atoms with Crippen molar-refractivity contribution in [3.8, 4) is 5.75 Å². The molecule has 8 nitrogen and oxygen atoms in total. The first-order valence-corrected chi connectivity index (χ1v) is 14.8. The van der Waals surface area contributed by atoms with Gasteiger partial charge in [0.1, 0.15) is 11.8 Å². The number of amides is 2. The predicted molar refractivity (Wildman–Crippen MR) is 148 cm³/mol. The first-order chi connectivity index (χ1) is 17.6. The summed E-state index contributed by atoms with van der Waals surface area (Å²) in [6, 6.07) is 14.1. The van der Waals surface area contributed by atoms with Crippen molar-refractivity contribution >= 4 is 27.5 Å². The maximum atomic E-state index is 13.4. The summed E-state index contributed by atoms with van der Waals surface area (Å²) < 4.78 is 32.1. The van der Waals surface area contributed by atoms with E-state index in [4.69, 9.17) is 4.74 Å². The number of aryl methyl sites for hydroxylation is 1. The zero-order valence-corrected chi connectivity index (χ0v) is 23.5. The lowest BCUT2D eigenvalue weighted by Gasteiger charge is -2.29. The molecule has 2 aromatic carbocycles. The second-order valence-electron chi connectivity index (χ2n) is 9.17. The molecule has 37 heavy (non-hydrogen) atoms. The third kappa shape index (κ3) is 9.39. The predicted octanol–water partition coefficient (Wildman–Crippen LogP) is 4.27. The van der Waals surface area contributed by atoms with Gasteiger partial charge in [-0.05, 0) is 51.3 Å². The van der Waals surface area contributed by atoms with Crippen molar-refractivity contribution in [1.29, 1.82) is 0 Å². The van der Waals surface area contributed by atoms with Gasteiger partial charge in [-0.3, -0.25) is 13.9 Å². The summed E-state index contributed by atoms with van der Waals surface area (Å²) in [6.07, 6.45) is 3.37. The van der Waals surface area contributed by atoms with Gasteiger partial charge < -0.3 is 15.0 Å². The summed E-state index contributed by atoms with van der Waals surface area (Å²) in [5.41, 5.74) is 2.45. The summed E-state index contributed by atoms with van der Waals surface area (Å²) in [5.74, 6) is 0.0734. The summed E-state index contributed by atoms with van der Waals surface area (Å²) in [4.78, 5) is 27.8. The molecule has 0 radical (unpaired) electrons. The summed E-state index contributed by atoms with van der Waals surface area (Å²) in [6.45, 7) is 8.98. The molecule has 0 aliphatic heterocycles. The normalized spacial score (nSPS) is 12.0. The maximum Gasteiger partial charge on any atom is 0.242 e. The topological polar surface area (TPSA) is 96.0 Å². The Kier molecular flexibility index (Phi) is 11.9. The number of hydrogen-bond donors (Lipinski definition) is 1. The van der Waals surface area contributed by atoms with E-state index in [2.05, 4.69) is 12.2 Å². The van der Waals surface area contributed by atoms with Gasteiger partial charge in [0.15, 0.2) is 0 Å². The van der Waals surface area contributed by atoms with Gasteiger partial charge in [0.25, 0.3) is 0 Å². The van der Waals surface area contributed by atoms with E-state index in [-0.39, 0.29) is 24.8 Å². The van der Waals surface area contributed by atoms with Crippen LogP contribution < -0.4 is 14.4 Å². The molecule has 1 N–H and O–H groups in total. The van der Waals surface area contributed by atoms with Crippen LogP contribution in [0.4, 0.5) is 5.69 Å². The molecule has 2 aromatic rings. The standard InChI is InChI=1S/C28H41N3O5S/c1-6-8-18-29-28(33)23(4)30(21-24-14-11-13-22(3)20-24)27(32)17-12-19-31(37(5,34)35)25-15-9-10-16-26(25)36-7-2/h9-11,13-16,20,23H,6-8,12,17-19,21H2,1-5H3,(H,29,33)/t23-/m0/s1. The number of sulfonamides is 1. The van der Waals surface area contributed by atoms with Crippen molar-refractivity contribution in [2.75, 3.05) is 30.3 Å². The van der Waals surface area contributed by atoms with Crippen LogP contribution in [0.15, 0.2) is 48.5 Å². The quantitative estimate of drug-likeness (QED) is 0.346. The Morgan fingerprint density at radius 3 is 2.43 bits per heavy atom. The molecular weight excluding hydrogens is 490 g/mol. The highest BCUT2D eigenvalue weighted by molar-refractivity contribution is 7.92. The van der Waals surface area contributed by atoms with Gasteiger partial charge in [0.05, 0.1) is 18.6 Å². The Morgan fingerprint density at radius 2 is 1.78 bits per heavy atom. The molecule has 0 unspecified atom stereocenters. The van der Waals surface area contributed by atoms with E-state index in [0.717, 1.165) is 30.2 Å². The molecule has 0 fully saturated rings. The van der Waals surface area contributed by atoms with Crippen molar-refractivity contribution in [2.24, 2.45) is 0 Å². The largest absolute Gasteiger partial charge is 0.492 e. The molecule has 2 rings (SSSR count). The number of carbonyl (C=O) groups excluding carboxylic acids is 2. The average Bonchev–Trinajstić information content (AvgIpc) is 2.85. The molecule has 204 valence electrons. The van der Waals surface area contributed by atoms with Crippen molar-refractivity contribution in [3.63, 3.8) is 0 Å². The Labute approximate surface area is 222 Å². The molecule has 0 saturated heterocycles. The summed E-state index contributed by atoms with van der Waals surface area (Å²) >= 11 is 0. The molecule has 0 aliphatic rings. The molecule has 9 heteroatoms. The number of benzene rings is 2. The van der Waals surface area contributed by atoms with Crippen molar-refractivity contribution in [3.05, 3.63) is 59.7 Å². The third-order valence-electron chi connectivity index (χ3n) is 6.02. The fourth-order valence-corrected chi connectivity index (χ4v) is 5.02. The van der Waals surface area contributed by atoms with Crippen LogP contribution in [0.3, 0.4) is 0 Å². The number of ether oxygens (including phenoxy) is 1. The number of nitrogens with one attached hydrogen (secondary N) is 1. The van der Waals surface area contributed by atoms with E-state index in [0.29, 0.717) is 37.6 Å². The molecular formula is C28H41N3O5S. The van der Waals surface area contributed by atoms with Gasteiger partial charge in [-0.2, -0.15) is 0 Å². The summed E-state index contributed by atoms with van der Waals surface area (Å²) in [7, 11) is -3.61. The van der Waals surface area contributed by atoms with Crippen LogP contribution in [0.25, 0.3) is 0 Å². The number of carbonyl (C=O) groups is 2. The van der Waals surface area contributed by atoms with Gasteiger partial charge in [0.2, 0.25) is 21.8 Å². The number of rotatable bonds is 15. The molecule has 2 amide bonds. The van der Waals surface area contributed by atoms with Crippen molar-refractivity contribution in [1.82, 2.24) is 10.2 Å². The van der Waals surface area contributed by atoms with Gasteiger partial charge in [-0.15, -0.1) is 0 Å². The molecule has 0 aliphatic carbocycles. The zero-order chi connectivity index (χ0) is 27.4. The Hall–Kier alpha value is -3.07. The van der Waals surface area contributed by atoms with Gasteiger partial charge >= 0.3 is 0 Å². The minimum absolute atomic E-state index is 0.0984. The highest BCUT2D eigenvalue weighted by Gasteiger charge is 2.27. The SMILES string of the molecule is CCCCNC(=O)[C@H](C)N(Cc1cccc(C)c1)C(=O)CCCN(c1ccccc1OCC)S(C)(=O)=O. The van der Waals surface area contributed by atoms with Crippen LogP contribution in [0.1, 0.15) is 57.6 Å². The summed E-state index contributed by atoms with van der Waals surface area (Å²) in [5, 5.41) is 2.92. The first kappa shape index (κ1) is 30.2. The fourth-order valence-electron chi connectivity index (χ4n) is 4.05. The number of nitrogens with zero attached hydrogens (tertiary/aromatic N) is 2. The van der Waals surface area contributed by atoms with E-state index in [1.165, 1.54) is 4.31 Å². The number of anilines is 1. The zero-order valence-electron chi connectivity index (χ0n) is 22.7. The number of unbranched alkanes of at least 4 members (excludes halogenated alkanes) is 1. The second-order valence-corrected chi connectivity index (χ2v) is 11.1. The van der Waals surface area contributed by atoms with E-state index < -0.39 is 16.1 Å². The first-order valence-electron chi connectivity index (χ1n) is 12.9. The number of hydrogen-bond acceptors (Lipinski definition) is 5. The van der Waals surface area contributed by atoms with E-state index >= 15 is 0 Å². The van der Waals surface area contributed by atoms with Gasteiger partial charge in [-0.25, -0.2) is 8.42 Å². The monoisotopic (exact) mass is 531 g/mol. The van der Waals surface area contributed by atoms with Crippen LogP contribution >= 0.6 is 0 Å². The minimum atomic E-state index is -3.61. The lowest BCUT2D eigenvalue weighted by Crippen LogP contribution is -2.48. The van der Waals surface area contributed by atoms with Crippen LogP contribution in [-0.2, 0) is 26.2 Å². The fraction of sp³-hybridized carbons (Fsp3) is 0.500. The van der Waals surface area contributed by atoms with Gasteiger partial charge in [0, 0.05) is 26.1 Å². The van der Waals surface area contributed by atoms with E-state index in [1.807, 2.05) is 38.1 Å². The van der Waals surface area contributed by atoms with Crippen LogP contribution in [-0.4, -0.2) is 57.1 Å². The smallest absolute Gasteiger partial charge is 0.242 e. The molecule has 0 aromatic heterocycles. The molecule has 0 spiro atoms. The van der Waals surface area contributed by atoms with E-state index in [1.54, 1.807) is 36.1 Å². The molecule has 0 heterocycles. The molecule has 0 bridgehead atoms. The third-order valence-corrected chi connectivity index (χ3v) is 7.20. The lowest BCUT2D eigenvalue weighted by molar-refractivity contribution is -0.140. The van der Waals surface area contributed by atoms with E-state index in [9.17, 15) is 18.0 Å². The average molecular weight is 532 g/mol. The van der Waals surface area contributed by atoms with Crippen LogP contribution in [0, 0.1) is 6.92 Å². The Bertz CT molecular complexity index is 1140. The highest BCUT2D eigenvalue weighted by Crippen LogP contribution is 2.30. The van der Waals surface area contributed by atoms with Crippen LogP contribution in [0.2, 0.25) is 0 Å². The second kappa shape index (κ2) is 14.6. The minimum Gasteiger partial charge on any atom is -0.492 e. The Morgan fingerprint density at radius 1 is 1.05 bits per heavy atom. The molecule has 0 saturated carbocycles. The highest BCUT2D eigenvalue weighted by atomic mass is 32.2.